The van der Waals surface area contributed by atoms with Gasteiger partial charge in [0.1, 0.15) is 35.5 Å². The van der Waals surface area contributed by atoms with Gasteiger partial charge in [-0.2, -0.15) is 0 Å². The topological polar surface area (TPSA) is 127 Å². The Morgan fingerprint density at radius 1 is 0.921 bits per heavy atom. The quantitative estimate of drug-likeness (QED) is 0.158. The van der Waals surface area contributed by atoms with E-state index in [0.717, 1.165) is 5.56 Å². The highest BCUT2D eigenvalue weighted by molar-refractivity contribution is 6.35. The zero-order valence-corrected chi connectivity index (χ0v) is 37.1. The molecule has 0 saturated carbocycles. The molecule has 3 amide bonds. The largest absolute Gasteiger partial charge is 0.496 e. The van der Waals surface area contributed by atoms with Crippen LogP contribution in [0, 0.1) is 18.6 Å². The molecule has 13 nitrogen and oxygen atoms in total. The summed E-state index contributed by atoms with van der Waals surface area (Å²) in [7, 11) is 1.33. The molecule has 0 bridgehead atoms. The number of carbonyl (C=O) groups is 3. The summed E-state index contributed by atoms with van der Waals surface area (Å²) in [6.07, 6.45) is 0.383. The summed E-state index contributed by atoms with van der Waals surface area (Å²) >= 11 is 7.07. The maximum absolute atomic E-state index is 18.1. The molecule has 330 valence electrons. The Balaban J connectivity index is 1.38. The van der Waals surface area contributed by atoms with Crippen molar-refractivity contribution in [2.24, 2.45) is 0 Å². The molecule has 2 fully saturated rings. The SMILES string of the molecule is COc1cccc(F)c1-c1c(Cl)cc2c3c(c(=O)n(-c4c(C)ccnc4C(C)C)c2c1F)N(C1CN(C(=O)OCc2ccccc2)C1)C(=O)[C@H]1CN(C(=O)OC(C)(C)C)[C@H](C)CN31. The van der Waals surface area contributed by atoms with Gasteiger partial charge in [0, 0.05) is 42.8 Å². The van der Waals surface area contributed by atoms with E-state index in [1.54, 1.807) is 51.8 Å². The average Bonchev–Trinajstić information content (AvgIpc) is 3.21. The van der Waals surface area contributed by atoms with E-state index in [2.05, 4.69) is 4.98 Å². The van der Waals surface area contributed by atoms with Crippen LogP contribution < -0.4 is 20.1 Å². The third kappa shape index (κ3) is 7.59. The van der Waals surface area contributed by atoms with E-state index < -0.39 is 59.0 Å². The molecule has 0 N–H and O–H groups in total. The number of piperazine rings is 1. The number of anilines is 2. The number of amides is 3. The summed E-state index contributed by atoms with van der Waals surface area (Å²) in [5, 5.41) is -0.0257. The summed E-state index contributed by atoms with van der Waals surface area (Å²) in [6.45, 7) is 12.6. The maximum atomic E-state index is 18.1. The highest BCUT2D eigenvalue weighted by Gasteiger charge is 2.52. The molecule has 63 heavy (non-hydrogen) atoms. The highest BCUT2D eigenvalue weighted by atomic mass is 35.5. The molecular formula is C47H49ClF2N6O7. The van der Waals surface area contributed by atoms with E-state index in [-0.39, 0.29) is 88.6 Å². The first-order valence-electron chi connectivity index (χ1n) is 20.9. The standard InChI is InChI=1S/C47H49ClF2N6O7/c1-25(2)38-39(26(3)17-18-51-38)56-40-30(19-31(48)35(37(40)50)36-32(49)15-12-16-34(36)61-8)41-42(44(56)58)55(29-21-52(22-29)45(59)62-24-28-13-10-9-11-14-28)43(57)33-23-53(27(4)20-54(33)41)46(60)63-47(5,6)7/h9-19,25,27,29,33H,20-24H2,1-8H3/t27-,33-/m1/s1. The number of rotatable bonds is 7. The predicted octanol–water partition coefficient (Wildman–Crippen LogP) is 8.61. The molecule has 5 heterocycles. The number of hydrogen-bond acceptors (Lipinski definition) is 9. The number of aromatic nitrogens is 2. The summed E-state index contributed by atoms with van der Waals surface area (Å²) in [6, 6.07) is 14.1. The number of benzene rings is 3. The lowest BCUT2D eigenvalue weighted by Gasteiger charge is -2.53. The number of aryl methyl sites for hydroxylation is 1. The number of halogens is 3. The summed E-state index contributed by atoms with van der Waals surface area (Å²) in [5.41, 5.74) is -0.0898. The van der Waals surface area contributed by atoms with Crippen LogP contribution in [0.15, 0.2) is 71.7 Å². The van der Waals surface area contributed by atoms with Gasteiger partial charge in [-0.05, 0) is 75.9 Å². The first-order chi connectivity index (χ1) is 29.9. The molecule has 2 atom stereocenters. The van der Waals surface area contributed by atoms with Crippen LogP contribution in [0.2, 0.25) is 5.02 Å². The predicted molar refractivity (Wildman–Crippen MR) is 236 cm³/mol. The van der Waals surface area contributed by atoms with E-state index >= 15 is 18.4 Å². The molecule has 5 aromatic rings. The van der Waals surface area contributed by atoms with Crippen molar-refractivity contribution in [1.29, 1.82) is 0 Å². The lowest BCUT2D eigenvalue weighted by molar-refractivity contribution is -0.122. The number of pyridine rings is 2. The van der Waals surface area contributed by atoms with Crippen LogP contribution in [0.4, 0.5) is 29.7 Å². The molecule has 8 rings (SSSR count). The minimum atomic E-state index is -1.07. The van der Waals surface area contributed by atoms with Crippen LogP contribution in [0.3, 0.4) is 0 Å². The summed E-state index contributed by atoms with van der Waals surface area (Å²) < 4.78 is 52.1. The number of carbonyl (C=O) groups excluding carboxylic acids is 3. The van der Waals surface area contributed by atoms with Crippen LogP contribution in [0.25, 0.3) is 27.7 Å². The highest BCUT2D eigenvalue weighted by Crippen LogP contribution is 2.49. The van der Waals surface area contributed by atoms with Crippen LogP contribution in [-0.4, -0.2) is 94.5 Å². The number of hydrogen-bond donors (Lipinski definition) is 0. The van der Waals surface area contributed by atoms with Crippen molar-refractivity contribution in [1.82, 2.24) is 19.4 Å². The summed E-state index contributed by atoms with van der Waals surface area (Å²) in [4.78, 5) is 68.7. The Kier molecular flexibility index (Phi) is 11.4. The molecule has 3 aliphatic rings. The Hall–Kier alpha value is -6.22. The molecule has 2 aromatic heterocycles. The lowest BCUT2D eigenvalue weighted by atomic mass is 9.93. The fourth-order valence-electron chi connectivity index (χ4n) is 8.82. The third-order valence-corrected chi connectivity index (χ3v) is 12.1. The number of fused-ring (bicyclic) bond motifs is 5. The van der Waals surface area contributed by atoms with E-state index in [1.165, 1.54) is 50.6 Å². The van der Waals surface area contributed by atoms with Crippen molar-refractivity contribution in [3.05, 3.63) is 111 Å². The number of nitrogens with zero attached hydrogens (tertiary/aromatic N) is 6. The molecule has 16 heteroatoms. The minimum Gasteiger partial charge on any atom is -0.496 e. The normalized spacial score (nSPS) is 17.7. The van der Waals surface area contributed by atoms with E-state index in [4.69, 9.17) is 25.8 Å². The van der Waals surface area contributed by atoms with Gasteiger partial charge in [-0.1, -0.05) is 61.8 Å². The zero-order chi connectivity index (χ0) is 45.2. The number of likely N-dealkylation sites (tertiary alicyclic amines) is 1. The van der Waals surface area contributed by atoms with Crippen LogP contribution >= 0.6 is 11.6 Å². The molecule has 0 radical (unpaired) electrons. The Morgan fingerprint density at radius 3 is 2.30 bits per heavy atom. The smallest absolute Gasteiger partial charge is 0.410 e. The van der Waals surface area contributed by atoms with Crippen LogP contribution in [0.5, 0.6) is 5.75 Å². The molecule has 3 aromatic carbocycles. The molecular weight excluding hydrogens is 834 g/mol. The second-order valence-corrected chi connectivity index (χ2v) is 18.0. The van der Waals surface area contributed by atoms with Crippen molar-refractivity contribution in [2.45, 2.75) is 84.7 Å². The van der Waals surface area contributed by atoms with Crippen LogP contribution in [0.1, 0.15) is 64.3 Å². The van der Waals surface area contributed by atoms with Gasteiger partial charge >= 0.3 is 12.2 Å². The van der Waals surface area contributed by atoms with Crippen molar-refractivity contribution < 1.29 is 37.4 Å². The van der Waals surface area contributed by atoms with Crippen molar-refractivity contribution in [3.8, 4) is 22.6 Å². The molecule has 3 aliphatic heterocycles. The molecule has 0 aliphatic carbocycles. The second kappa shape index (κ2) is 16.5. The number of ether oxygens (including phenoxy) is 3. The van der Waals surface area contributed by atoms with E-state index in [0.29, 0.717) is 11.3 Å². The fraction of sp³-hybridized carbons (Fsp3) is 0.383. The minimum absolute atomic E-state index is 0.0134. The van der Waals surface area contributed by atoms with E-state index in [9.17, 15) is 9.59 Å². The summed E-state index contributed by atoms with van der Waals surface area (Å²) in [5.74, 6) is -2.55. The van der Waals surface area contributed by atoms with Gasteiger partial charge in [0.2, 0.25) is 0 Å². The Bertz CT molecular complexity index is 2720. The van der Waals surface area contributed by atoms with Crippen LogP contribution in [-0.2, 0) is 20.9 Å². The molecule has 0 unspecified atom stereocenters. The van der Waals surface area contributed by atoms with Gasteiger partial charge in [-0.25, -0.2) is 18.4 Å². The number of methoxy groups -OCH3 is 1. The van der Waals surface area contributed by atoms with Crippen molar-refractivity contribution >= 4 is 52.0 Å². The van der Waals surface area contributed by atoms with Gasteiger partial charge in [0.05, 0.1) is 52.9 Å². The van der Waals surface area contributed by atoms with Crippen molar-refractivity contribution in [3.63, 3.8) is 0 Å². The first-order valence-corrected chi connectivity index (χ1v) is 21.2. The third-order valence-electron chi connectivity index (χ3n) is 11.8. The Morgan fingerprint density at radius 2 is 1.63 bits per heavy atom. The monoisotopic (exact) mass is 882 g/mol. The molecule has 0 spiro atoms. The second-order valence-electron chi connectivity index (χ2n) is 17.6. The van der Waals surface area contributed by atoms with Gasteiger partial charge in [-0.3, -0.25) is 24.0 Å². The first kappa shape index (κ1) is 43.4. The van der Waals surface area contributed by atoms with Gasteiger partial charge < -0.3 is 28.9 Å². The van der Waals surface area contributed by atoms with Gasteiger partial charge in [0.25, 0.3) is 11.5 Å². The molecule has 2 saturated heterocycles. The maximum Gasteiger partial charge on any atom is 0.410 e. The lowest BCUT2D eigenvalue weighted by Crippen LogP contribution is -2.72. The average molecular weight is 883 g/mol. The van der Waals surface area contributed by atoms with E-state index in [1.807, 2.05) is 44.2 Å². The fourth-order valence-corrected chi connectivity index (χ4v) is 9.10. The zero-order valence-electron chi connectivity index (χ0n) is 36.4. The van der Waals surface area contributed by atoms with Crippen molar-refractivity contribution in [2.75, 3.05) is 43.1 Å². The Labute approximate surface area is 368 Å². The van der Waals surface area contributed by atoms with Gasteiger partial charge in [-0.15, -0.1) is 0 Å². The van der Waals surface area contributed by atoms with Gasteiger partial charge in [0.15, 0.2) is 5.82 Å².